The molecule has 0 saturated carbocycles. The smallest absolute Gasteiger partial charge is 0.301 e. The molecule has 0 aliphatic carbocycles. The Hall–Kier alpha value is -4.25. The van der Waals surface area contributed by atoms with Crippen LogP contribution < -0.4 is 10.9 Å². The molecule has 0 unspecified atom stereocenters. The van der Waals surface area contributed by atoms with Gasteiger partial charge in [0.05, 0.1) is 11.3 Å². The van der Waals surface area contributed by atoms with Crippen molar-refractivity contribution in [3.8, 4) is 11.1 Å². The molecule has 30 heavy (non-hydrogen) atoms. The van der Waals surface area contributed by atoms with Gasteiger partial charge < -0.3 is 10.2 Å². The van der Waals surface area contributed by atoms with Gasteiger partial charge in [-0.25, -0.2) is 15.1 Å². The molecule has 0 aliphatic heterocycles. The summed E-state index contributed by atoms with van der Waals surface area (Å²) in [5.74, 6) is -0.0537. The van der Waals surface area contributed by atoms with E-state index in [-0.39, 0.29) is 17.1 Å². The normalized spacial score (nSPS) is 10.7. The Bertz CT molecular complexity index is 1360. The van der Waals surface area contributed by atoms with Crippen LogP contribution in [0.2, 0.25) is 0 Å². The summed E-state index contributed by atoms with van der Waals surface area (Å²) in [4.78, 5) is 38.3. The predicted molar refractivity (Wildman–Crippen MR) is 114 cm³/mol. The molecule has 148 valence electrons. The molecule has 2 N–H and O–H groups in total. The van der Waals surface area contributed by atoms with E-state index < -0.39 is 11.5 Å². The first-order valence-corrected chi connectivity index (χ1v) is 9.39. The van der Waals surface area contributed by atoms with Crippen molar-refractivity contribution in [2.24, 2.45) is 0 Å². The number of amides is 1. The molecule has 4 rings (SSSR count). The average molecular weight is 398 g/mol. The lowest BCUT2D eigenvalue weighted by Gasteiger charge is -2.08. The molecule has 0 saturated heterocycles. The number of carbonyl (C=O) groups excluding carboxylic acids is 1. The van der Waals surface area contributed by atoms with Gasteiger partial charge in [0.2, 0.25) is 0 Å². The molecule has 0 bridgehead atoms. The molecule has 0 radical (unpaired) electrons. The quantitative estimate of drug-likeness (QED) is 0.512. The minimum absolute atomic E-state index is 0.103. The first-order valence-electron chi connectivity index (χ1n) is 9.39. The highest BCUT2D eigenvalue weighted by atomic mass is 16.2. The highest BCUT2D eigenvalue weighted by Crippen LogP contribution is 2.32. The molecule has 0 aliphatic rings. The molecule has 1 amide bonds. The summed E-state index contributed by atoms with van der Waals surface area (Å²) in [5.41, 5.74) is 2.01. The Labute approximate surface area is 172 Å². The second-order valence-electron chi connectivity index (χ2n) is 6.67. The lowest BCUT2D eigenvalue weighted by atomic mass is 10.1. The second-order valence-corrected chi connectivity index (χ2v) is 6.67. The number of nitrogens with one attached hydrogen (secondary N) is 2. The molecule has 8 nitrogen and oxygen atoms in total. The minimum Gasteiger partial charge on any atom is -0.362 e. The number of carbonyl (C=O) groups is 1. The summed E-state index contributed by atoms with van der Waals surface area (Å²) in [6, 6.07) is 14.5. The summed E-state index contributed by atoms with van der Waals surface area (Å²) in [5, 5.41) is 5.45. The van der Waals surface area contributed by atoms with Crippen LogP contribution in [-0.2, 0) is 6.42 Å². The highest BCUT2D eigenvalue weighted by molar-refractivity contribution is 6.04. The number of fused-ring (bicyclic) bond motifs is 1. The zero-order valence-corrected chi connectivity index (χ0v) is 16.4. The number of aryl methyl sites for hydroxylation is 2. The van der Waals surface area contributed by atoms with Gasteiger partial charge in [-0.05, 0) is 31.0 Å². The first-order chi connectivity index (χ1) is 14.5. The lowest BCUT2D eigenvalue weighted by Crippen LogP contribution is -2.29. The van der Waals surface area contributed by atoms with E-state index in [1.54, 1.807) is 19.1 Å². The van der Waals surface area contributed by atoms with Crippen molar-refractivity contribution in [2.75, 3.05) is 5.32 Å². The maximum Gasteiger partial charge on any atom is 0.301 e. The number of aromatic nitrogens is 4. The fourth-order valence-electron chi connectivity index (χ4n) is 3.30. The summed E-state index contributed by atoms with van der Waals surface area (Å²) in [6.45, 7) is 11.0. The third-order valence-electron chi connectivity index (χ3n) is 4.75. The molecule has 3 heterocycles. The first kappa shape index (κ1) is 19.1. The van der Waals surface area contributed by atoms with Crippen molar-refractivity contribution in [2.45, 2.75) is 20.3 Å². The van der Waals surface area contributed by atoms with Crippen molar-refractivity contribution < 1.29 is 4.79 Å². The van der Waals surface area contributed by atoms with Crippen molar-refractivity contribution in [3.63, 3.8) is 0 Å². The van der Waals surface area contributed by atoms with Crippen LogP contribution in [0.1, 0.15) is 28.7 Å². The van der Waals surface area contributed by atoms with Crippen LogP contribution in [0.3, 0.4) is 0 Å². The number of rotatable bonds is 4. The molecule has 0 spiro atoms. The van der Waals surface area contributed by atoms with E-state index in [1.807, 2.05) is 43.3 Å². The summed E-state index contributed by atoms with van der Waals surface area (Å²) in [6.07, 6.45) is 0.725. The third kappa shape index (κ3) is 3.22. The van der Waals surface area contributed by atoms with Gasteiger partial charge in [-0.15, -0.1) is 4.52 Å². The number of aromatic amines is 1. The topological polar surface area (TPSA) is 96.5 Å². The zero-order valence-electron chi connectivity index (χ0n) is 16.4. The maximum atomic E-state index is 13.1. The molecule has 1 aromatic carbocycles. The van der Waals surface area contributed by atoms with Crippen LogP contribution in [0.5, 0.6) is 0 Å². The molecule has 4 aromatic rings. The second kappa shape index (κ2) is 7.64. The van der Waals surface area contributed by atoms with E-state index in [2.05, 4.69) is 25.2 Å². The number of H-pyrrole nitrogens is 1. The number of hydrogen-bond acceptors (Lipinski definition) is 4. The van der Waals surface area contributed by atoms with Crippen molar-refractivity contribution in [1.82, 2.24) is 19.6 Å². The van der Waals surface area contributed by atoms with Gasteiger partial charge in [-0.2, -0.15) is 0 Å². The molecule has 0 fully saturated rings. The van der Waals surface area contributed by atoms with E-state index in [9.17, 15) is 9.59 Å². The Morgan fingerprint density at radius 2 is 1.93 bits per heavy atom. The van der Waals surface area contributed by atoms with E-state index in [0.717, 1.165) is 22.2 Å². The maximum absolute atomic E-state index is 13.1. The van der Waals surface area contributed by atoms with Crippen LogP contribution in [0.25, 0.3) is 21.6 Å². The molecule has 8 heteroatoms. The van der Waals surface area contributed by atoms with Crippen LogP contribution >= 0.6 is 0 Å². The van der Waals surface area contributed by atoms with Crippen LogP contribution in [-0.4, -0.2) is 25.5 Å². The molecular formula is C22H18N6O2. The molecule has 3 aromatic heterocycles. The summed E-state index contributed by atoms with van der Waals surface area (Å²) >= 11 is 0. The van der Waals surface area contributed by atoms with E-state index in [0.29, 0.717) is 17.0 Å². The minimum atomic E-state index is -0.597. The molecular weight excluding hydrogens is 380 g/mol. The van der Waals surface area contributed by atoms with Gasteiger partial charge in [0, 0.05) is 5.69 Å². The standard InChI is InChI=1S/C22H18N6O2/c1-4-15-11-8-12-16(25-15)26-21(29)17-13(2)24-20-18(14-9-6-5-7-10-14)19(23-3)27-28(20)22(17)30/h5-12,27H,4H2,1-2H3,(H,25,26,29). The van der Waals surface area contributed by atoms with Gasteiger partial charge in [0.15, 0.2) is 5.65 Å². The van der Waals surface area contributed by atoms with Gasteiger partial charge in [-0.3, -0.25) is 9.59 Å². The average Bonchev–Trinajstić information content (AvgIpc) is 3.13. The number of hydrogen-bond donors (Lipinski definition) is 2. The monoisotopic (exact) mass is 398 g/mol. The van der Waals surface area contributed by atoms with Gasteiger partial charge in [0.1, 0.15) is 11.4 Å². The van der Waals surface area contributed by atoms with Crippen molar-refractivity contribution in [3.05, 3.63) is 87.3 Å². The largest absolute Gasteiger partial charge is 0.362 e. The number of pyridine rings is 1. The SMILES string of the molecule is [C-]#[N+]c1[nH]n2c(=O)c(C(=O)Nc3cccc(CC)n3)c(C)nc2c1-c1ccccc1. The van der Waals surface area contributed by atoms with Crippen LogP contribution in [0, 0.1) is 13.5 Å². The fourth-order valence-corrected chi connectivity index (χ4v) is 3.30. The van der Waals surface area contributed by atoms with Crippen LogP contribution in [0.15, 0.2) is 53.3 Å². The summed E-state index contributed by atoms with van der Waals surface area (Å²) in [7, 11) is 0. The third-order valence-corrected chi connectivity index (χ3v) is 4.75. The van der Waals surface area contributed by atoms with E-state index >= 15 is 0 Å². The Balaban J connectivity index is 1.84. The highest BCUT2D eigenvalue weighted by Gasteiger charge is 2.23. The Morgan fingerprint density at radius 1 is 1.17 bits per heavy atom. The van der Waals surface area contributed by atoms with Crippen molar-refractivity contribution in [1.29, 1.82) is 0 Å². The fraction of sp³-hybridized carbons (Fsp3) is 0.136. The van der Waals surface area contributed by atoms with Gasteiger partial charge >= 0.3 is 5.56 Å². The molecule has 0 atom stereocenters. The Morgan fingerprint density at radius 3 is 2.63 bits per heavy atom. The van der Waals surface area contributed by atoms with E-state index in [4.69, 9.17) is 6.57 Å². The summed E-state index contributed by atoms with van der Waals surface area (Å²) < 4.78 is 1.15. The van der Waals surface area contributed by atoms with Crippen LogP contribution in [0.4, 0.5) is 11.6 Å². The predicted octanol–water partition coefficient (Wildman–Crippen LogP) is 3.76. The number of benzene rings is 1. The Kier molecular flexibility index (Phi) is 4.86. The van der Waals surface area contributed by atoms with E-state index in [1.165, 1.54) is 0 Å². The van der Waals surface area contributed by atoms with Gasteiger partial charge in [-0.1, -0.05) is 49.9 Å². The number of nitrogens with zero attached hydrogens (tertiary/aromatic N) is 4. The van der Waals surface area contributed by atoms with Gasteiger partial charge in [0.25, 0.3) is 11.7 Å². The number of anilines is 1. The van der Waals surface area contributed by atoms with Crippen molar-refractivity contribution >= 4 is 23.2 Å². The lowest BCUT2D eigenvalue weighted by molar-refractivity contribution is 0.102. The zero-order chi connectivity index (χ0) is 21.3.